The summed E-state index contributed by atoms with van der Waals surface area (Å²) in [5.74, 6) is -0.338. The Bertz CT molecular complexity index is 1470. The van der Waals surface area contributed by atoms with E-state index in [1.165, 1.54) is 22.5 Å². The van der Waals surface area contributed by atoms with Gasteiger partial charge in [0.1, 0.15) is 0 Å². The molecule has 0 spiro atoms. The van der Waals surface area contributed by atoms with Gasteiger partial charge in [0, 0.05) is 30.0 Å². The van der Waals surface area contributed by atoms with E-state index in [4.69, 9.17) is 11.6 Å². The molecule has 1 heterocycles. The predicted octanol–water partition coefficient (Wildman–Crippen LogP) is 6.56. The van der Waals surface area contributed by atoms with Crippen molar-refractivity contribution in [2.75, 3.05) is 23.7 Å². The standard InChI is InChI=1S/C30H34ClN3O4S/c1-20-14-16-34(17-15-20)39(37,38)25-12-13-27(31)26(19-25)29(36)33-24-7-5-6-23(18-24)32-28(35)21-8-10-22(11-9-21)30(2,3)4/h5-13,18-20H,14-17H2,1-4H3,(H,32,35)(H,33,36). The molecule has 2 N–H and O–H groups in total. The fourth-order valence-corrected chi connectivity index (χ4v) is 6.11. The van der Waals surface area contributed by atoms with Crippen LogP contribution in [0.15, 0.2) is 71.6 Å². The van der Waals surface area contributed by atoms with Crippen molar-refractivity contribution in [1.82, 2.24) is 4.31 Å². The molecule has 0 saturated carbocycles. The Hall–Kier alpha value is -3.20. The number of piperidine rings is 1. The lowest BCUT2D eigenvalue weighted by molar-refractivity contribution is 0.101. The average molecular weight is 568 g/mol. The summed E-state index contributed by atoms with van der Waals surface area (Å²) in [7, 11) is -3.74. The van der Waals surface area contributed by atoms with E-state index < -0.39 is 15.9 Å². The summed E-state index contributed by atoms with van der Waals surface area (Å²) >= 11 is 6.29. The van der Waals surface area contributed by atoms with Gasteiger partial charge >= 0.3 is 0 Å². The van der Waals surface area contributed by atoms with Gasteiger partial charge in [-0.05, 0) is 78.3 Å². The van der Waals surface area contributed by atoms with E-state index >= 15 is 0 Å². The molecule has 9 heteroatoms. The third-order valence-electron chi connectivity index (χ3n) is 6.95. The third-order valence-corrected chi connectivity index (χ3v) is 9.18. The van der Waals surface area contributed by atoms with Gasteiger partial charge in [-0.15, -0.1) is 0 Å². The van der Waals surface area contributed by atoms with Crippen molar-refractivity contribution in [2.45, 2.75) is 50.8 Å². The third kappa shape index (κ3) is 6.87. The number of nitrogens with one attached hydrogen (secondary N) is 2. The summed E-state index contributed by atoms with van der Waals surface area (Å²) in [5, 5.41) is 5.75. The molecule has 1 aliphatic rings. The number of sulfonamides is 1. The monoisotopic (exact) mass is 567 g/mol. The number of amides is 2. The highest BCUT2D eigenvalue weighted by molar-refractivity contribution is 7.89. The Morgan fingerprint density at radius 2 is 1.46 bits per heavy atom. The SMILES string of the molecule is CC1CCN(S(=O)(=O)c2ccc(Cl)c(C(=O)Nc3cccc(NC(=O)c4ccc(C(C)(C)C)cc4)c3)c2)CC1. The van der Waals surface area contributed by atoms with Crippen LogP contribution in [0.5, 0.6) is 0 Å². The first-order valence-corrected chi connectivity index (χ1v) is 14.8. The van der Waals surface area contributed by atoms with Crippen molar-refractivity contribution in [3.8, 4) is 0 Å². The van der Waals surface area contributed by atoms with Crippen molar-refractivity contribution in [3.05, 3.63) is 88.4 Å². The number of hydrogen-bond acceptors (Lipinski definition) is 4. The van der Waals surface area contributed by atoms with Crippen molar-refractivity contribution in [3.63, 3.8) is 0 Å². The zero-order chi connectivity index (χ0) is 28.4. The Balaban J connectivity index is 1.47. The van der Waals surface area contributed by atoms with E-state index in [9.17, 15) is 18.0 Å². The van der Waals surface area contributed by atoms with Gasteiger partial charge in [-0.2, -0.15) is 4.31 Å². The maximum Gasteiger partial charge on any atom is 0.257 e. The van der Waals surface area contributed by atoms with Crippen molar-refractivity contribution >= 4 is 44.8 Å². The number of rotatable bonds is 6. The molecule has 0 unspecified atom stereocenters. The number of hydrogen-bond donors (Lipinski definition) is 2. The van der Waals surface area contributed by atoms with Crippen LogP contribution in [-0.2, 0) is 15.4 Å². The first-order valence-electron chi connectivity index (χ1n) is 13.0. The topological polar surface area (TPSA) is 95.6 Å². The number of halogens is 1. The minimum Gasteiger partial charge on any atom is -0.322 e. The molecule has 3 aromatic rings. The second-order valence-electron chi connectivity index (χ2n) is 11.0. The lowest BCUT2D eigenvalue weighted by Gasteiger charge is -2.29. The number of carbonyl (C=O) groups excluding carboxylic acids is 2. The van der Waals surface area contributed by atoms with Gasteiger partial charge in [0.05, 0.1) is 15.5 Å². The average Bonchev–Trinajstić information content (AvgIpc) is 2.89. The molecule has 1 saturated heterocycles. The molecule has 0 atom stereocenters. The highest BCUT2D eigenvalue weighted by Crippen LogP contribution is 2.28. The van der Waals surface area contributed by atoms with Crippen LogP contribution in [0.2, 0.25) is 5.02 Å². The van der Waals surface area contributed by atoms with Crippen LogP contribution in [0.4, 0.5) is 11.4 Å². The van der Waals surface area contributed by atoms with E-state index in [1.807, 2.05) is 12.1 Å². The molecule has 3 aromatic carbocycles. The van der Waals surface area contributed by atoms with Crippen molar-refractivity contribution < 1.29 is 18.0 Å². The predicted molar refractivity (Wildman–Crippen MR) is 156 cm³/mol. The van der Waals surface area contributed by atoms with Crippen LogP contribution >= 0.6 is 11.6 Å². The smallest absolute Gasteiger partial charge is 0.257 e. The Kier molecular flexibility index (Phi) is 8.49. The van der Waals surface area contributed by atoms with Crippen LogP contribution in [0.1, 0.15) is 66.8 Å². The van der Waals surface area contributed by atoms with Crippen LogP contribution in [0.3, 0.4) is 0 Å². The lowest BCUT2D eigenvalue weighted by atomic mass is 9.87. The van der Waals surface area contributed by atoms with E-state index in [0.717, 1.165) is 18.4 Å². The Labute approximate surface area is 235 Å². The van der Waals surface area contributed by atoms with Gasteiger partial charge in [-0.25, -0.2) is 8.42 Å². The second kappa shape index (κ2) is 11.5. The summed E-state index contributed by atoms with van der Waals surface area (Å²) < 4.78 is 27.8. The molecule has 0 aliphatic carbocycles. The van der Waals surface area contributed by atoms with Crippen LogP contribution in [0.25, 0.3) is 0 Å². The molecule has 0 bridgehead atoms. The van der Waals surface area contributed by atoms with Crippen molar-refractivity contribution in [1.29, 1.82) is 0 Å². The molecule has 7 nitrogen and oxygen atoms in total. The van der Waals surface area contributed by atoms with Gasteiger partial charge in [-0.3, -0.25) is 9.59 Å². The molecule has 39 heavy (non-hydrogen) atoms. The molecule has 2 amide bonds. The Morgan fingerprint density at radius 3 is 2.05 bits per heavy atom. The summed E-state index contributed by atoms with van der Waals surface area (Å²) in [6.07, 6.45) is 1.60. The van der Waals surface area contributed by atoms with Crippen molar-refractivity contribution in [2.24, 2.45) is 5.92 Å². The van der Waals surface area contributed by atoms with E-state index in [1.54, 1.807) is 36.4 Å². The lowest BCUT2D eigenvalue weighted by Crippen LogP contribution is -2.37. The Morgan fingerprint density at radius 1 is 0.872 bits per heavy atom. The maximum absolute atomic E-state index is 13.2. The van der Waals surface area contributed by atoms with Crippen LogP contribution in [0, 0.1) is 5.92 Å². The molecular formula is C30H34ClN3O4S. The summed E-state index contributed by atoms with van der Waals surface area (Å²) in [6.45, 7) is 9.34. The molecule has 206 valence electrons. The largest absolute Gasteiger partial charge is 0.322 e. The summed E-state index contributed by atoms with van der Waals surface area (Å²) in [5.41, 5.74) is 2.61. The normalized spacial score (nSPS) is 15.1. The second-order valence-corrected chi connectivity index (χ2v) is 13.4. The van der Waals surface area contributed by atoms with E-state index in [-0.39, 0.29) is 26.8 Å². The first kappa shape index (κ1) is 28.8. The molecular weight excluding hydrogens is 534 g/mol. The summed E-state index contributed by atoms with van der Waals surface area (Å²) in [4.78, 5) is 25.9. The first-order chi connectivity index (χ1) is 18.3. The van der Waals surface area contributed by atoms with Gasteiger partial charge < -0.3 is 10.6 Å². The van der Waals surface area contributed by atoms with E-state index in [0.29, 0.717) is 35.9 Å². The fourth-order valence-electron chi connectivity index (χ4n) is 4.41. The zero-order valence-electron chi connectivity index (χ0n) is 22.6. The summed E-state index contributed by atoms with van der Waals surface area (Å²) in [6, 6.07) is 18.4. The van der Waals surface area contributed by atoms with Gasteiger partial charge in [0.25, 0.3) is 11.8 Å². The molecule has 0 radical (unpaired) electrons. The minimum atomic E-state index is -3.74. The van der Waals surface area contributed by atoms with Gasteiger partial charge in [0.2, 0.25) is 10.0 Å². The minimum absolute atomic E-state index is 0.0135. The van der Waals surface area contributed by atoms with Crippen LogP contribution in [-0.4, -0.2) is 37.6 Å². The van der Waals surface area contributed by atoms with Gasteiger partial charge in [-0.1, -0.05) is 57.5 Å². The quantitative estimate of drug-likeness (QED) is 0.352. The maximum atomic E-state index is 13.2. The number of anilines is 2. The number of benzene rings is 3. The molecule has 1 aliphatic heterocycles. The molecule has 1 fully saturated rings. The number of carbonyl (C=O) groups is 2. The molecule has 4 rings (SSSR count). The van der Waals surface area contributed by atoms with Gasteiger partial charge in [0.15, 0.2) is 0 Å². The van der Waals surface area contributed by atoms with E-state index in [2.05, 4.69) is 38.3 Å². The highest BCUT2D eigenvalue weighted by Gasteiger charge is 2.29. The molecule has 0 aromatic heterocycles. The fraction of sp³-hybridized carbons (Fsp3) is 0.333. The zero-order valence-corrected chi connectivity index (χ0v) is 24.2. The van der Waals surface area contributed by atoms with Crippen LogP contribution < -0.4 is 10.6 Å². The number of nitrogens with zero attached hydrogens (tertiary/aromatic N) is 1. The highest BCUT2D eigenvalue weighted by atomic mass is 35.5.